The fraction of sp³-hybridized carbons (Fsp3) is 0. The standard InChI is InChI=1S/C10H7N5O/c16-8-6-11-15-10(12-13-14-15)9(8)7-4-2-1-3-5-7/h1-6H,(H,12,14). The molecule has 2 heterocycles. The molecule has 6 nitrogen and oxygen atoms in total. The van der Waals surface area contributed by atoms with Gasteiger partial charge in [-0.15, -0.1) is 9.73 Å². The fourth-order valence-electron chi connectivity index (χ4n) is 1.60. The number of tetrazole rings is 1. The molecule has 16 heavy (non-hydrogen) atoms. The van der Waals surface area contributed by atoms with E-state index in [1.54, 1.807) is 0 Å². The van der Waals surface area contributed by atoms with Gasteiger partial charge in [0.25, 0.3) is 0 Å². The van der Waals surface area contributed by atoms with Crippen molar-refractivity contribution in [3.8, 4) is 11.1 Å². The van der Waals surface area contributed by atoms with Gasteiger partial charge in [-0.3, -0.25) is 4.79 Å². The molecule has 0 unspecified atom stereocenters. The van der Waals surface area contributed by atoms with Gasteiger partial charge in [0.2, 0.25) is 11.1 Å². The van der Waals surface area contributed by atoms with Gasteiger partial charge in [0.1, 0.15) is 0 Å². The topological polar surface area (TPSA) is 75.9 Å². The predicted molar refractivity (Wildman–Crippen MR) is 56.8 cm³/mol. The molecule has 2 aromatic heterocycles. The van der Waals surface area contributed by atoms with Gasteiger partial charge >= 0.3 is 0 Å². The minimum absolute atomic E-state index is 0.167. The Labute approximate surface area is 89.5 Å². The monoisotopic (exact) mass is 213 g/mol. The summed E-state index contributed by atoms with van der Waals surface area (Å²) in [7, 11) is 0. The predicted octanol–water partition coefficient (Wildman–Crippen LogP) is 0.480. The van der Waals surface area contributed by atoms with E-state index in [0.717, 1.165) is 5.56 Å². The lowest BCUT2D eigenvalue weighted by atomic mass is 10.1. The van der Waals surface area contributed by atoms with Crippen LogP contribution in [0.4, 0.5) is 0 Å². The lowest BCUT2D eigenvalue weighted by Crippen LogP contribution is -2.09. The Morgan fingerprint density at radius 3 is 2.81 bits per heavy atom. The van der Waals surface area contributed by atoms with E-state index in [1.807, 2.05) is 30.3 Å². The molecule has 1 N–H and O–H groups in total. The number of H-pyrrole nitrogens is 1. The number of benzene rings is 1. The second kappa shape index (κ2) is 3.27. The Hall–Kier alpha value is -2.50. The van der Waals surface area contributed by atoms with Crippen molar-refractivity contribution in [3.63, 3.8) is 0 Å². The van der Waals surface area contributed by atoms with Gasteiger partial charge in [-0.25, -0.2) is 0 Å². The number of aromatic nitrogens is 5. The molecule has 0 aliphatic rings. The zero-order valence-corrected chi connectivity index (χ0v) is 8.16. The van der Waals surface area contributed by atoms with Crippen LogP contribution in [0.5, 0.6) is 0 Å². The first-order valence-corrected chi connectivity index (χ1v) is 4.71. The third kappa shape index (κ3) is 1.20. The molecule has 0 amide bonds. The van der Waals surface area contributed by atoms with Crippen molar-refractivity contribution in [3.05, 3.63) is 46.8 Å². The third-order valence-corrected chi connectivity index (χ3v) is 2.31. The Balaban J connectivity index is 2.42. The Bertz CT molecular complexity index is 685. The van der Waals surface area contributed by atoms with Crippen LogP contribution in [0.2, 0.25) is 0 Å². The SMILES string of the molecule is O=c1cnn2[nH]nnc2c1-c1ccccc1. The number of nitrogens with one attached hydrogen (secondary N) is 1. The summed E-state index contributed by atoms with van der Waals surface area (Å²) in [5.41, 5.74) is 1.57. The van der Waals surface area contributed by atoms with Crippen LogP contribution in [0.1, 0.15) is 0 Å². The number of aromatic amines is 1. The van der Waals surface area contributed by atoms with Crippen LogP contribution in [-0.4, -0.2) is 25.3 Å². The summed E-state index contributed by atoms with van der Waals surface area (Å²) in [4.78, 5) is 11.8. The first-order chi connectivity index (χ1) is 7.86. The van der Waals surface area contributed by atoms with Gasteiger partial charge in [0.15, 0.2) is 0 Å². The van der Waals surface area contributed by atoms with Crippen molar-refractivity contribution in [2.24, 2.45) is 0 Å². The highest BCUT2D eigenvalue weighted by Crippen LogP contribution is 2.17. The fourth-order valence-corrected chi connectivity index (χ4v) is 1.60. The zero-order valence-electron chi connectivity index (χ0n) is 8.16. The van der Waals surface area contributed by atoms with Gasteiger partial charge in [-0.05, 0) is 10.8 Å². The van der Waals surface area contributed by atoms with Gasteiger partial charge in [-0.2, -0.15) is 10.3 Å². The molecule has 0 saturated heterocycles. The molecule has 0 bridgehead atoms. The van der Waals surface area contributed by atoms with E-state index in [9.17, 15) is 4.79 Å². The molecule has 78 valence electrons. The molecule has 3 aromatic rings. The highest BCUT2D eigenvalue weighted by molar-refractivity contribution is 5.75. The van der Waals surface area contributed by atoms with Crippen LogP contribution < -0.4 is 5.43 Å². The molecule has 0 saturated carbocycles. The largest absolute Gasteiger partial charge is 0.287 e. The van der Waals surface area contributed by atoms with Crippen molar-refractivity contribution >= 4 is 5.65 Å². The summed E-state index contributed by atoms with van der Waals surface area (Å²) in [5.74, 6) is 0. The highest BCUT2D eigenvalue weighted by Gasteiger charge is 2.10. The van der Waals surface area contributed by atoms with E-state index in [-0.39, 0.29) is 5.43 Å². The molecular formula is C10H7N5O. The summed E-state index contributed by atoms with van der Waals surface area (Å²) in [6, 6.07) is 9.33. The quantitative estimate of drug-likeness (QED) is 0.637. The average molecular weight is 213 g/mol. The molecule has 6 heteroatoms. The number of hydrogen-bond acceptors (Lipinski definition) is 4. The summed E-state index contributed by atoms with van der Waals surface area (Å²) >= 11 is 0. The third-order valence-electron chi connectivity index (χ3n) is 2.31. The summed E-state index contributed by atoms with van der Waals surface area (Å²) in [6.45, 7) is 0. The molecule has 0 atom stereocenters. The van der Waals surface area contributed by atoms with E-state index < -0.39 is 0 Å². The van der Waals surface area contributed by atoms with Crippen molar-refractivity contribution in [2.45, 2.75) is 0 Å². The second-order valence-corrected chi connectivity index (χ2v) is 3.29. The molecule has 0 fully saturated rings. The summed E-state index contributed by atoms with van der Waals surface area (Å²) < 4.78 is 1.36. The van der Waals surface area contributed by atoms with E-state index in [2.05, 4.69) is 20.6 Å². The Kier molecular flexibility index (Phi) is 1.79. The maximum Gasteiger partial charge on any atom is 0.210 e. The van der Waals surface area contributed by atoms with E-state index in [4.69, 9.17) is 0 Å². The van der Waals surface area contributed by atoms with E-state index in [1.165, 1.54) is 10.8 Å². The van der Waals surface area contributed by atoms with E-state index >= 15 is 0 Å². The molecule has 0 spiro atoms. The molecule has 0 aliphatic heterocycles. The zero-order chi connectivity index (χ0) is 11.0. The first-order valence-electron chi connectivity index (χ1n) is 4.71. The van der Waals surface area contributed by atoms with Crippen LogP contribution in [0.25, 0.3) is 16.8 Å². The molecule has 0 aliphatic carbocycles. The van der Waals surface area contributed by atoms with Crippen molar-refractivity contribution in [2.75, 3.05) is 0 Å². The first kappa shape index (κ1) is 8.78. The maximum absolute atomic E-state index is 11.8. The van der Waals surface area contributed by atoms with Crippen LogP contribution in [-0.2, 0) is 0 Å². The normalized spacial score (nSPS) is 10.8. The lowest BCUT2D eigenvalue weighted by molar-refractivity contribution is 0.731. The Morgan fingerprint density at radius 2 is 2.00 bits per heavy atom. The minimum Gasteiger partial charge on any atom is -0.287 e. The smallest absolute Gasteiger partial charge is 0.210 e. The summed E-state index contributed by atoms with van der Waals surface area (Å²) in [5, 5.41) is 13.9. The number of nitrogens with zero attached hydrogens (tertiary/aromatic N) is 4. The highest BCUT2D eigenvalue weighted by atomic mass is 16.1. The van der Waals surface area contributed by atoms with Gasteiger partial charge < -0.3 is 0 Å². The van der Waals surface area contributed by atoms with Crippen molar-refractivity contribution < 1.29 is 0 Å². The lowest BCUT2D eigenvalue weighted by Gasteiger charge is -1.99. The number of rotatable bonds is 1. The van der Waals surface area contributed by atoms with Crippen LogP contribution in [0, 0.1) is 0 Å². The molecule has 1 aromatic carbocycles. The summed E-state index contributed by atoms with van der Waals surface area (Å²) in [6.07, 6.45) is 1.25. The molecular weight excluding hydrogens is 206 g/mol. The Morgan fingerprint density at radius 1 is 1.19 bits per heavy atom. The minimum atomic E-state index is -0.167. The van der Waals surface area contributed by atoms with Crippen molar-refractivity contribution in [1.82, 2.24) is 25.3 Å². The van der Waals surface area contributed by atoms with Crippen LogP contribution >= 0.6 is 0 Å². The van der Waals surface area contributed by atoms with Crippen molar-refractivity contribution in [1.29, 1.82) is 0 Å². The number of fused-ring (bicyclic) bond motifs is 1. The van der Waals surface area contributed by atoms with Gasteiger partial charge in [0, 0.05) is 0 Å². The average Bonchev–Trinajstić information content (AvgIpc) is 2.78. The molecule has 3 rings (SSSR count). The van der Waals surface area contributed by atoms with Crippen LogP contribution in [0.3, 0.4) is 0 Å². The second-order valence-electron chi connectivity index (χ2n) is 3.29. The van der Waals surface area contributed by atoms with E-state index in [0.29, 0.717) is 11.2 Å². The van der Waals surface area contributed by atoms with Crippen LogP contribution in [0.15, 0.2) is 41.3 Å². The van der Waals surface area contributed by atoms with Gasteiger partial charge in [0.05, 0.1) is 11.8 Å². The number of hydrogen-bond donors (Lipinski definition) is 1. The molecule has 0 radical (unpaired) electrons. The van der Waals surface area contributed by atoms with Gasteiger partial charge in [-0.1, -0.05) is 30.3 Å². The maximum atomic E-state index is 11.8.